The molecule has 0 aliphatic carbocycles. The van der Waals surface area contributed by atoms with Crippen LogP contribution in [-0.4, -0.2) is 69.7 Å². The molecule has 1 heterocycles. The second kappa shape index (κ2) is 8.89. The number of sulfonamides is 1. The number of nitrogens with zero attached hydrogens (tertiary/aromatic N) is 2. The molecular formula is C13H29N3O2S. The number of unbranched alkanes of at least 4 members (excludes halogenated alkanes) is 1. The van der Waals surface area contributed by atoms with Gasteiger partial charge in [0, 0.05) is 19.6 Å². The Morgan fingerprint density at radius 3 is 2.58 bits per heavy atom. The summed E-state index contributed by atoms with van der Waals surface area (Å²) in [6.45, 7) is 7.24. The summed E-state index contributed by atoms with van der Waals surface area (Å²) in [7, 11) is -0.993. The van der Waals surface area contributed by atoms with E-state index in [4.69, 9.17) is 0 Å². The molecule has 0 unspecified atom stereocenters. The van der Waals surface area contributed by atoms with Crippen LogP contribution in [0.3, 0.4) is 0 Å². The summed E-state index contributed by atoms with van der Waals surface area (Å²) >= 11 is 0. The summed E-state index contributed by atoms with van der Waals surface area (Å²) in [4.78, 5) is 2.20. The SMILES string of the molecule is CCCNCCCCS(=O)(=O)N1CCCN(C)CC1. The lowest BCUT2D eigenvalue weighted by Gasteiger charge is -2.20. The van der Waals surface area contributed by atoms with E-state index in [0.717, 1.165) is 51.9 Å². The van der Waals surface area contributed by atoms with Gasteiger partial charge in [-0.1, -0.05) is 6.92 Å². The largest absolute Gasteiger partial charge is 0.317 e. The van der Waals surface area contributed by atoms with E-state index in [2.05, 4.69) is 24.2 Å². The molecule has 6 heteroatoms. The van der Waals surface area contributed by atoms with E-state index in [-0.39, 0.29) is 0 Å². The molecule has 0 spiro atoms. The van der Waals surface area contributed by atoms with Gasteiger partial charge >= 0.3 is 0 Å². The van der Waals surface area contributed by atoms with Gasteiger partial charge < -0.3 is 10.2 Å². The minimum Gasteiger partial charge on any atom is -0.317 e. The van der Waals surface area contributed by atoms with Crippen LogP contribution < -0.4 is 5.32 Å². The van der Waals surface area contributed by atoms with Crippen LogP contribution in [0.2, 0.25) is 0 Å². The van der Waals surface area contributed by atoms with Gasteiger partial charge in [-0.3, -0.25) is 0 Å². The number of hydrogen-bond donors (Lipinski definition) is 1. The quantitative estimate of drug-likeness (QED) is 0.670. The van der Waals surface area contributed by atoms with E-state index in [0.29, 0.717) is 18.8 Å². The van der Waals surface area contributed by atoms with Gasteiger partial charge in [0.15, 0.2) is 0 Å². The number of nitrogens with one attached hydrogen (secondary N) is 1. The van der Waals surface area contributed by atoms with Crippen LogP contribution >= 0.6 is 0 Å². The second-order valence-electron chi connectivity index (χ2n) is 5.33. The summed E-state index contributed by atoms with van der Waals surface area (Å²) < 4.78 is 26.1. The van der Waals surface area contributed by atoms with Crippen molar-refractivity contribution in [2.45, 2.75) is 32.6 Å². The van der Waals surface area contributed by atoms with Crippen molar-refractivity contribution < 1.29 is 8.42 Å². The third kappa shape index (κ3) is 6.70. The standard InChI is InChI=1S/C13H29N3O2S/c1-3-7-14-8-4-5-13-19(17,18)16-10-6-9-15(2)11-12-16/h14H,3-13H2,1-2H3. The molecule has 19 heavy (non-hydrogen) atoms. The average molecular weight is 291 g/mol. The second-order valence-corrected chi connectivity index (χ2v) is 7.42. The maximum absolute atomic E-state index is 12.2. The minimum absolute atomic E-state index is 0.296. The Bertz CT molecular complexity index is 333. The Morgan fingerprint density at radius 2 is 1.84 bits per heavy atom. The van der Waals surface area contributed by atoms with E-state index in [1.54, 1.807) is 4.31 Å². The van der Waals surface area contributed by atoms with Gasteiger partial charge in [0.2, 0.25) is 10.0 Å². The fraction of sp³-hybridized carbons (Fsp3) is 1.00. The van der Waals surface area contributed by atoms with Crippen LogP contribution in [0.4, 0.5) is 0 Å². The first-order valence-corrected chi connectivity index (χ1v) is 9.04. The van der Waals surface area contributed by atoms with E-state index in [1.807, 2.05) is 0 Å². The van der Waals surface area contributed by atoms with Crippen molar-refractivity contribution in [3.63, 3.8) is 0 Å². The van der Waals surface area contributed by atoms with Crippen molar-refractivity contribution in [3.05, 3.63) is 0 Å². The molecular weight excluding hydrogens is 262 g/mol. The Labute approximate surface area is 118 Å². The molecule has 0 aromatic rings. The Hall–Kier alpha value is -0.170. The van der Waals surface area contributed by atoms with Crippen LogP contribution in [-0.2, 0) is 10.0 Å². The van der Waals surface area contributed by atoms with Gasteiger partial charge in [-0.2, -0.15) is 0 Å². The summed E-state index contributed by atoms with van der Waals surface area (Å²) in [6, 6.07) is 0. The molecule has 0 bridgehead atoms. The van der Waals surface area contributed by atoms with Crippen LogP contribution in [0.25, 0.3) is 0 Å². The zero-order valence-electron chi connectivity index (χ0n) is 12.4. The fourth-order valence-electron chi connectivity index (χ4n) is 2.27. The Kier molecular flexibility index (Phi) is 7.90. The van der Waals surface area contributed by atoms with E-state index in [9.17, 15) is 8.42 Å². The van der Waals surface area contributed by atoms with Gasteiger partial charge in [0.05, 0.1) is 5.75 Å². The molecule has 1 rings (SSSR count). The normalized spacial score (nSPS) is 19.5. The smallest absolute Gasteiger partial charge is 0.214 e. The zero-order chi connectivity index (χ0) is 14.1. The highest BCUT2D eigenvalue weighted by molar-refractivity contribution is 7.89. The highest BCUT2D eigenvalue weighted by atomic mass is 32.2. The van der Waals surface area contributed by atoms with Crippen molar-refractivity contribution >= 4 is 10.0 Å². The Morgan fingerprint density at radius 1 is 1.05 bits per heavy atom. The number of hydrogen-bond acceptors (Lipinski definition) is 4. The van der Waals surface area contributed by atoms with Gasteiger partial charge in [-0.05, 0) is 52.4 Å². The number of rotatable bonds is 8. The van der Waals surface area contributed by atoms with Crippen molar-refractivity contribution in [2.75, 3.05) is 52.1 Å². The van der Waals surface area contributed by atoms with Crippen molar-refractivity contribution in [3.8, 4) is 0 Å². The first-order chi connectivity index (χ1) is 9.06. The molecule has 1 aliphatic heterocycles. The summed E-state index contributed by atoms with van der Waals surface area (Å²) in [6.07, 6.45) is 3.76. The van der Waals surface area contributed by atoms with Crippen LogP contribution in [0.15, 0.2) is 0 Å². The third-order valence-corrected chi connectivity index (χ3v) is 5.46. The maximum atomic E-state index is 12.2. The monoisotopic (exact) mass is 291 g/mol. The molecule has 5 nitrogen and oxygen atoms in total. The molecule has 0 atom stereocenters. The predicted molar refractivity (Wildman–Crippen MR) is 79.9 cm³/mol. The first-order valence-electron chi connectivity index (χ1n) is 7.43. The lowest BCUT2D eigenvalue weighted by molar-refractivity contribution is 0.347. The molecule has 0 saturated carbocycles. The van der Waals surface area contributed by atoms with E-state index >= 15 is 0 Å². The summed E-state index contributed by atoms with van der Waals surface area (Å²) in [5, 5.41) is 3.30. The van der Waals surface area contributed by atoms with Crippen LogP contribution in [0.5, 0.6) is 0 Å². The van der Waals surface area contributed by atoms with Gasteiger partial charge in [-0.15, -0.1) is 0 Å². The minimum atomic E-state index is -3.04. The van der Waals surface area contributed by atoms with Gasteiger partial charge in [0.1, 0.15) is 0 Å². The highest BCUT2D eigenvalue weighted by Gasteiger charge is 2.23. The molecule has 0 aromatic heterocycles. The van der Waals surface area contributed by atoms with Crippen molar-refractivity contribution in [2.24, 2.45) is 0 Å². The molecule has 1 N–H and O–H groups in total. The number of likely N-dealkylation sites (N-methyl/N-ethyl adjacent to an activating group) is 1. The van der Waals surface area contributed by atoms with E-state index in [1.165, 1.54) is 0 Å². The van der Waals surface area contributed by atoms with Crippen molar-refractivity contribution in [1.82, 2.24) is 14.5 Å². The third-order valence-electron chi connectivity index (χ3n) is 3.50. The lowest BCUT2D eigenvalue weighted by atomic mass is 10.3. The molecule has 1 saturated heterocycles. The molecule has 1 aliphatic rings. The topological polar surface area (TPSA) is 52.7 Å². The lowest BCUT2D eigenvalue weighted by Crippen LogP contribution is -2.36. The zero-order valence-corrected chi connectivity index (χ0v) is 13.2. The summed E-state index contributed by atoms with van der Waals surface area (Å²) in [5.41, 5.74) is 0. The van der Waals surface area contributed by atoms with Crippen LogP contribution in [0, 0.1) is 0 Å². The maximum Gasteiger partial charge on any atom is 0.214 e. The summed E-state index contributed by atoms with van der Waals surface area (Å²) in [5.74, 6) is 0.296. The van der Waals surface area contributed by atoms with E-state index < -0.39 is 10.0 Å². The van der Waals surface area contributed by atoms with Crippen molar-refractivity contribution in [1.29, 1.82) is 0 Å². The molecule has 114 valence electrons. The highest BCUT2D eigenvalue weighted by Crippen LogP contribution is 2.09. The predicted octanol–water partition coefficient (Wildman–Crippen LogP) is 0.734. The molecule has 0 radical (unpaired) electrons. The molecule has 1 fully saturated rings. The van der Waals surface area contributed by atoms with Crippen LogP contribution in [0.1, 0.15) is 32.6 Å². The molecule has 0 amide bonds. The average Bonchev–Trinajstić information content (AvgIpc) is 2.59. The fourth-order valence-corrected chi connectivity index (χ4v) is 3.86. The first kappa shape index (κ1) is 16.9. The van der Waals surface area contributed by atoms with Gasteiger partial charge in [0.25, 0.3) is 0 Å². The van der Waals surface area contributed by atoms with Gasteiger partial charge in [-0.25, -0.2) is 12.7 Å². The Balaban J connectivity index is 2.26. The molecule has 0 aromatic carbocycles.